The summed E-state index contributed by atoms with van der Waals surface area (Å²) in [5.41, 5.74) is 4.66. The van der Waals surface area contributed by atoms with Crippen LogP contribution in [0, 0.1) is 0 Å². The summed E-state index contributed by atoms with van der Waals surface area (Å²) in [5.74, 6) is -1.22. The third kappa shape index (κ3) is 5.39. The molecule has 8 heteroatoms. The van der Waals surface area contributed by atoms with Crippen molar-refractivity contribution in [1.82, 2.24) is 10.2 Å². The summed E-state index contributed by atoms with van der Waals surface area (Å²) in [6.45, 7) is 2.42. The summed E-state index contributed by atoms with van der Waals surface area (Å²) in [5, 5.41) is 11.9. The van der Waals surface area contributed by atoms with Gasteiger partial charge in [-0.05, 0) is 42.0 Å². The Balaban J connectivity index is 1.15. The van der Waals surface area contributed by atoms with E-state index >= 15 is 0 Å². The largest absolute Gasteiger partial charge is 0.480 e. The summed E-state index contributed by atoms with van der Waals surface area (Å²) >= 11 is 0. The van der Waals surface area contributed by atoms with Crippen LogP contribution in [0.5, 0.6) is 0 Å². The lowest BCUT2D eigenvalue weighted by Gasteiger charge is -2.26. The standard InChI is InChI=1S/C26H30N2O6/c1-17(25(30)31)28(18-10-11-18)24(29)12-14-33-15-13-27-26(32)34-16-23-21-8-4-2-6-19(21)20-7-3-5-9-22(20)23/h2-9,17-18,23H,10-16H2,1H3,(H,27,32)(H,30,31). The molecule has 1 fully saturated rings. The maximum Gasteiger partial charge on any atom is 0.407 e. The summed E-state index contributed by atoms with van der Waals surface area (Å²) in [6, 6.07) is 15.5. The second-order valence-electron chi connectivity index (χ2n) is 8.66. The number of amides is 2. The van der Waals surface area contributed by atoms with Gasteiger partial charge in [0.25, 0.3) is 0 Å². The second-order valence-corrected chi connectivity index (χ2v) is 8.66. The van der Waals surface area contributed by atoms with Crippen molar-refractivity contribution in [3.05, 3.63) is 59.7 Å². The fourth-order valence-electron chi connectivity index (χ4n) is 4.47. The van der Waals surface area contributed by atoms with Gasteiger partial charge in [0.2, 0.25) is 5.91 Å². The van der Waals surface area contributed by atoms with Crippen LogP contribution in [0.15, 0.2) is 48.5 Å². The molecular weight excluding hydrogens is 436 g/mol. The van der Waals surface area contributed by atoms with Gasteiger partial charge in [0.05, 0.1) is 19.6 Å². The van der Waals surface area contributed by atoms with E-state index in [0.717, 1.165) is 24.0 Å². The Morgan fingerprint density at radius 1 is 1.03 bits per heavy atom. The summed E-state index contributed by atoms with van der Waals surface area (Å²) in [7, 11) is 0. The highest BCUT2D eigenvalue weighted by Crippen LogP contribution is 2.44. The van der Waals surface area contributed by atoms with Crippen LogP contribution in [0.4, 0.5) is 4.79 Å². The molecule has 8 nitrogen and oxygen atoms in total. The Labute approximate surface area is 198 Å². The number of aliphatic carboxylic acids is 1. The molecule has 2 aliphatic carbocycles. The van der Waals surface area contributed by atoms with Crippen molar-refractivity contribution in [3.8, 4) is 11.1 Å². The average molecular weight is 467 g/mol. The number of carbonyl (C=O) groups is 3. The van der Waals surface area contributed by atoms with Gasteiger partial charge in [-0.3, -0.25) is 4.79 Å². The molecule has 2 amide bonds. The van der Waals surface area contributed by atoms with E-state index in [1.165, 1.54) is 23.0 Å². The molecule has 1 saturated carbocycles. The quantitative estimate of drug-likeness (QED) is 0.492. The van der Waals surface area contributed by atoms with Gasteiger partial charge < -0.3 is 24.8 Å². The minimum Gasteiger partial charge on any atom is -0.480 e. The summed E-state index contributed by atoms with van der Waals surface area (Å²) < 4.78 is 10.9. The van der Waals surface area contributed by atoms with Gasteiger partial charge in [0.15, 0.2) is 0 Å². The number of nitrogens with one attached hydrogen (secondary N) is 1. The fourth-order valence-corrected chi connectivity index (χ4v) is 4.47. The van der Waals surface area contributed by atoms with Gasteiger partial charge >= 0.3 is 12.1 Å². The van der Waals surface area contributed by atoms with Gasteiger partial charge in [-0.2, -0.15) is 0 Å². The first-order valence-corrected chi connectivity index (χ1v) is 11.7. The summed E-state index contributed by atoms with van der Waals surface area (Å²) in [6.07, 6.45) is 1.28. The third-order valence-corrected chi connectivity index (χ3v) is 6.32. The molecule has 0 saturated heterocycles. The number of nitrogens with zero attached hydrogens (tertiary/aromatic N) is 1. The normalized spacial score (nSPS) is 15.2. The predicted octanol–water partition coefficient (Wildman–Crippen LogP) is 3.40. The van der Waals surface area contributed by atoms with Gasteiger partial charge in [0.1, 0.15) is 12.6 Å². The van der Waals surface area contributed by atoms with Crippen molar-refractivity contribution in [2.45, 2.75) is 44.2 Å². The monoisotopic (exact) mass is 466 g/mol. The van der Waals surface area contributed by atoms with Crippen molar-refractivity contribution >= 4 is 18.0 Å². The number of carboxylic acids is 1. The number of ether oxygens (including phenoxy) is 2. The minimum absolute atomic E-state index is 0.00280. The maximum absolute atomic E-state index is 12.4. The number of carboxylic acid groups (broad SMARTS) is 1. The van der Waals surface area contributed by atoms with Crippen LogP contribution >= 0.6 is 0 Å². The Bertz CT molecular complexity index is 1010. The number of hydrogen-bond acceptors (Lipinski definition) is 5. The molecule has 0 heterocycles. The first-order valence-electron chi connectivity index (χ1n) is 11.7. The van der Waals surface area contributed by atoms with E-state index in [4.69, 9.17) is 9.47 Å². The minimum atomic E-state index is -1.01. The number of rotatable bonds is 11. The van der Waals surface area contributed by atoms with E-state index < -0.39 is 18.1 Å². The average Bonchev–Trinajstić information content (AvgIpc) is 3.62. The molecule has 4 rings (SSSR count). The molecule has 0 spiro atoms. The van der Waals surface area contributed by atoms with Gasteiger partial charge in [-0.1, -0.05) is 48.5 Å². The topological polar surface area (TPSA) is 105 Å². The number of carbonyl (C=O) groups excluding carboxylic acids is 2. The zero-order valence-electron chi connectivity index (χ0n) is 19.2. The van der Waals surface area contributed by atoms with Crippen LogP contribution in [0.1, 0.15) is 43.2 Å². The highest BCUT2D eigenvalue weighted by atomic mass is 16.5. The molecule has 0 radical (unpaired) electrons. The Morgan fingerprint density at radius 2 is 1.65 bits per heavy atom. The lowest BCUT2D eigenvalue weighted by Crippen LogP contribution is -2.45. The molecule has 1 unspecified atom stereocenters. The van der Waals surface area contributed by atoms with Crippen LogP contribution in [0.2, 0.25) is 0 Å². The lowest BCUT2D eigenvalue weighted by atomic mass is 9.98. The number of alkyl carbamates (subject to hydrolysis) is 1. The molecule has 0 bridgehead atoms. The lowest BCUT2D eigenvalue weighted by molar-refractivity contribution is -0.150. The predicted molar refractivity (Wildman–Crippen MR) is 125 cm³/mol. The third-order valence-electron chi connectivity index (χ3n) is 6.32. The number of fused-ring (bicyclic) bond motifs is 3. The van der Waals surface area contributed by atoms with E-state index in [0.29, 0.717) is 0 Å². The SMILES string of the molecule is CC(C(=O)O)N(C(=O)CCOCCNC(=O)OCC1c2ccccc2-c2ccccc21)C1CC1. The van der Waals surface area contributed by atoms with Crippen molar-refractivity contribution in [3.63, 3.8) is 0 Å². The highest BCUT2D eigenvalue weighted by molar-refractivity contribution is 5.84. The fraction of sp³-hybridized carbons (Fsp3) is 0.423. The molecule has 180 valence electrons. The first-order chi connectivity index (χ1) is 16.5. The summed E-state index contributed by atoms with van der Waals surface area (Å²) in [4.78, 5) is 37.2. The molecule has 34 heavy (non-hydrogen) atoms. The molecule has 2 aliphatic rings. The van der Waals surface area contributed by atoms with E-state index in [1.807, 2.05) is 24.3 Å². The number of hydrogen-bond donors (Lipinski definition) is 2. The van der Waals surface area contributed by atoms with Gasteiger partial charge in [0, 0.05) is 18.5 Å². The Morgan fingerprint density at radius 3 is 2.24 bits per heavy atom. The van der Waals surface area contributed by atoms with Crippen molar-refractivity contribution < 1.29 is 29.0 Å². The molecule has 0 aromatic heterocycles. The molecular formula is C26H30N2O6. The Kier molecular flexibility index (Phi) is 7.47. The highest BCUT2D eigenvalue weighted by Gasteiger charge is 2.38. The number of benzene rings is 2. The van der Waals surface area contributed by atoms with E-state index in [-0.39, 0.29) is 50.7 Å². The van der Waals surface area contributed by atoms with Crippen LogP contribution in [-0.2, 0) is 19.1 Å². The van der Waals surface area contributed by atoms with Crippen LogP contribution < -0.4 is 5.32 Å². The van der Waals surface area contributed by atoms with E-state index in [9.17, 15) is 19.5 Å². The van der Waals surface area contributed by atoms with Gasteiger partial charge in [-0.25, -0.2) is 9.59 Å². The van der Waals surface area contributed by atoms with Crippen LogP contribution in [0.3, 0.4) is 0 Å². The van der Waals surface area contributed by atoms with Crippen molar-refractivity contribution in [1.29, 1.82) is 0 Å². The van der Waals surface area contributed by atoms with Crippen LogP contribution in [-0.4, -0.2) is 66.4 Å². The Hall–Kier alpha value is -3.39. The molecule has 2 aromatic carbocycles. The first kappa shape index (κ1) is 23.8. The van der Waals surface area contributed by atoms with E-state index in [2.05, 4.69) is 29.6 Å². The molecule has 2 N–H and O–H groups in total. The zero-order valence-corrected chi connectivity index (χ0v) is 19.2. The van der Waals surface area contributed by atoms with Gasteiger partial charge in [-0.15, -0.1) is 0 Å². The maximum atomic E-state index is 12.4. The van der Waals surface area contributed by atoms with E-state index in [1.54, 1.807) is 0 Å². The molecule has 1 atom stereocenters. The van der Waals surface area contributed by atoms with Crippen molar-refractivity contribution in [2.24, 2.45) is 0 Å². The van der Waals surface area contributed by atoms with Crippen LogP contribution in [0.25, 0.3) is 11.1 Å². The zero-order chi connectivity index (χ0) is 24.1. The second kappa shape index (κ2) is 10.7. The molecule has 0 aliphatic heterocycles. The van der Waals surface area contributed by atoms with Crippen molar-refractivity contribution in [2.75, 3.05) is 26.4 Å². The molecule has 2 aromatic rings. The smallest absolute Gasteiger partial charge is 0.407 e.